The predicted molar refractivity (Wildman–Crippen MR) is 53.8 cm³/mol. The van der Waals surface area contributed by atoms with E-state index in [1.807, 2.05) is 5.10 Å². The van der Waals surface area contributed by atoms with Crippen molar-refractivity contribution in [2.75, 3.05) is 0 Å². The van der Waals surface area contributed by atoms with Crippen LogP contribution in [0.4, 0.5) is 13.2 Å². The molecule has 84 valence electrons. The molecule has 1 aromatic heterocycles. The van der Waals surface area contributed by atoms with Crippen molar-refractivity contribution in [3.63, 3.8) is 0 Å². The summed E-state index contributed by atoms with van der Waals surface area (Å²) in [5.74, 6) is 0. The minimum Gasteiger partial charge on any atom is -0.273 e. The monoisotopic (exact) mass is 229 g/mol. The van der Waals surface area contributed by atoms with Gasteiger partial charge in [-0.2, -0.15) is 18.3 Å². The average Bonchev–Trinajstić information content (AvgIpc) is 2.77. The Labute approximate surface area is 94.3 Å². The van der Waals surface area contributed by atoms with Crippen LogP contribution in [0.25, 0.3) is 11.3 Å². The van der Waals surface area contributed by atoms with E-state index in [0.29, 0.717) is 5.56 Å². The predicted octanol–water partition coefficient (Wildman–Crippen LogP) is 3.40. The van der Waals surface area contributed by atoms with E-state index < -0.39 is 18.7 Å². The van der Waals surface area contributed by atoms with Crippen LogP contribution in [-0.4, -0.2) is 10.2 Å². The van der Waals surface area contributed by atoms with Gasteiger partial charge in [0.15, 0.2) is 0 Å². The summed E-state index contributed by atoms with van der Waals surface area (Å²) >= 11 is 0. The lowest BCUT2D eigenvalue weighted by Crippen LogP contribution is -2.04. The van der Waals surface area contributed by atoms with E-state index in [0.717, 1.165) is 6.07 Å². The number of aromatic nitrogens is 2. The number of hydrogen-bond donors (Lipinski definition) is 1. The molecule has 0 unspecified atom stereocenters. The first kappa shape index (κ1) is 7.49. The Morgan fingerprint density at radius 1 is 1.25 bits per heavy atom. The standard InChI is InChI=1S/C11H9F3N2/c1-7-2-4-8(5-3-7)9-6-10(16-15-9)11(12,13)14/h2-6H,1H3,(H,15,16)/i1D3. The highest BCUT2D eigenvalue weighted by Crippen LogP contribution is 2.30. The molecule has 2 aromatic rings. The van der Waals surface area contributed by atoms with E-state index in [-0.39, 0.29) is 11.3 Å². The molecule has 0 amide bonds. The number of aryl methyl sites for hydroxylation is 1. The smallest absolute Gasteiger partial charge is 0.273 e. The maximum absolute atomic E-state index is 12.4. The Morgan fingerprint density at radius 3 is 2.44 bits per heavy atom. The van der Waals surface area contributed by atoms with Crippen molar-refractivity contribution in [2.45, 2.75) is 13.0 Å². The molecule has 16 heavy (non-hydrogen) atoms. The highest BCUT2D eigenvalue weighted by atomic mass is 19.4. The van der Waals surface area contributed by atoms with Gasteiger partial charge in [0.2, 0.25) is 0 Å². The average molecular weight is 229 g/mol. The van der Waals surface area contributed by atoms with Crippen LogP contribution >= 0.6 is 0 Å². The zero-order valence-electron chi connectivity index (χ0n) is 11.0. The third kappa shape index (κ3) is 2.08. The van der Waals surface area contributed by atoms with E-state index in [1.165, 1.54) is 24.3 Å². The van der Waals surface area contributed by atoms with Gasteiger partial charge >= 0.3 is 6.18 Å². The van der Waals surface area contributed by atoms with Crippen LogP contribution in [-0.2, 0) is 6.18 Å². The lowest BCUT2D eigenvalue weighted by atomic mass is 10.1. The second-order valence-electron chi connectivity index (χ2n) is 3.24. The minimum atomic E-state index is -4.48. The van der Waals surface area contributed by atoms with Crippen molar-refractivity contribution in [3.8, 4) is 11.3 Å². The third-order valence-corrected chi connectivity index (χ3v) is 2.06. The second-order valence-corrected chi connectivity index (χ2v) is 3.24. The van der Waals surface area contributed by atoms with E-state index in [4.69, 9.17) is 4.11 Å². The molecule has 0 aliphatic rings. The lowest BCUT2D eigenvalue weighted by molar-refractivity contribution is -0.141. The number of H-pyrrole nitrogens is 1. The summed E-state index contributed by atoms with van der Waals surface area (Å²) in [7, 11) is 0. The number of nitrogens with zero attached hydrogens (tertiary/aromatic N) is 1. The number of halogens is 3. The summed E-state index contributed by atoms with van der Waals surface area (Å²) < 4.78 is 58.8. The summed E-state index contributed by atoms with van der Waals surface area (Å²) in [4.78, 5) is 0. The molecule has 1 aromatic carbocycles. The van der Waals surface area contributed by atoms with E-state index in [1.54, 1.807) is 0 Å². The fraction of sp³-hybridized carbons (Fsp3) is 0.182. The topological polar surface area (TPSA) is 28.7 Å². The maximum atomic E-state index is 12.4. The van der Waals surface area contributed by atoms with Crippen LogP contribution in [0.5, 0.6) is 0 Å². The maximum Gasteiger partial charge on any atom is 0.432 e. The van der Waals surface area contributed by atoms with Gasteiger partial charge in [-0.15, -0.1) is 0 Å². The van der Waals surface area contributed by atoms with E-state index in [2.05, 4.69) is 5.10 Å². The first-order valence-corrected chi connectivity index (χ1v) is 4.41. The molecule has 2 rings (SSSR count). The number of aromatic amines is 1. The fourth-order valence-electron chi connectivity index (χ4n) is 1.26. The van der Waals surface area contributed by atoms with Gasteiger partial charge in [0.1, 0.15) is 5.69 Å². The van der Waals surface area contributed by atoms with Crippen LogP contribution < -0.4 is 0 Å². The molecule has 0 radical (unpaired) electrons. The van der Waals surface area contributed by atoms with Crippen LogP contribution in [0.15, 0.2) is 30.3 Å². The Morgan fingerprint density at radius 2 is 1.94 bits per heavy atom. The summed E-state index contributed by atoms with van der Waals surface area (Å²) in [5, 5.41) is 5.46. The first-order valence-electron chi connectivity index (χ1n) is 5.91. The van der Waals surface area contributed by atoms with Gasteiger partial charge in [0, 0.05) is 9.68 Å². The summed E-state index contributed by atoms with van der Waals surface area (Å²) in [5.41, 5.74) is -0.283. The van der Waals surface area contributed by atoms with Crippen LogP contribution in [0.2, 0.25) is 0 Å². The van der Waals surface area contributed by atoms with Crippen molar-refractivity contribution in [1.29, 1.82) is 0 Å². The van der Waals surface area contributed by atoms with Crippen molar-refractivity contribution in [1.82, 2.24) is 10.2 Å². The van der Waals surface area contributed by atoms with Crippen LogP contribution in [0.1, 0.15) is 15.4 Å². The zero-order valence-corrected chi connectivity index (χ0v) is 7.97. The number of nitrogens with one attached hydrogen (secondary N) is 1. The summed E-state index contributed by atoms with van der Waals surface area (Å²) in [6, 6.07) is 6.44. The molecule has 0 saturated heterocycles. The molecule has 0 bridgehead atoms. The summed E-state index contributed by atoms with van der Waals surface area (Å²) in [6.07, 6.45) is -4.48. The minimum absolute atomic E-state index is 0.115. The fourth-order valence-corrected chi connectivity index (χ4v) is 1.26. The van der Waals surface area contributed by atoms with Crippen LogP contribution in [0, 0.1) is 6.85 Å². The molecule has 2 nitrogen and oxygen atoms in total. The lowest BCUT2D eigenvalue weighted by Gasteiger charge is -2.00. The number of benzene rings is 1. The second kappa shape index (κ2) is 3.66. The van der Waals surface area contributed by atoms with Crippen molar-refractivity contribution in [2.24, 2.45) is 0 Å². The number of hydrogen-bond acceptors (Lipinski definition) is 1. The molecular formula is C11H9F3N2. The van der Waals surface area contributed by atoms with Crippen molar-refractivity contribution < 1.29 is 17.3 Å². The van der Waals surface area contributed by atoms with Gasteiger partial charge in [-0.05, 0) is 12.9 Å². The van der Waals surface area contributed by atoms with Gasteiger partial charge in [0.05, 0.1) is 5.69 Å². The molecular weight excluding hydrogens is 217 g/mol. The van der Waals surface area contributed by atoms with E-state index >= 15 is 0 Å². The largest absolute Gasteiger partial charge is 0.432 e. The molecule has 0 saturated carbocycles. The van der Waals surface area contributed by atoms with Gasteiger partial charge in [-0.1, -0.05) is 29.8 Å². The normalized spacial score (nSPS) is 15.3. The number of alkyl halides is 3. The highest BCUT2D eigenvalue weighted by Gasteiger charge is 2.33. The Kier molecular flexibility index (Phi) is 1.71. The molecule has 0 aliphatic carbocycles. The van der Waals surface area contributed by atoms with E-state index in [9.17, 15) is 13.2 Å². The molecule has 5 heteroatoms. The SMILES string of the molecule is [2H]C([2H])([2H])c1ccc(-c2cc(C(F)(F)F)[nH]n2)cc1. The third-order valence-electron chi connectivity index (χ3n) is 2.06. The van der Waals surface area contributed by atoms with Crippen molar-refractivity contribution >= 4 is 0 Å². The van der Waals surface area contributed by atoms with Gasteiger partial charge in [0.25, 0.3) is 0 Å². The molecule has 1 heterocycles. The van der Waals surface area contributed by atoms with Gasteiger partial charge in [-0.25, -0.2) is 0 Å². The number of rotatable bonds is 1. The molecule has 0 atom stereocenters. The summed E-state index contributed by atoms with van der Waals surface area (Å²) in [6.45, 7) is -2.23. The Bertz CT molecular complexity index is 570. The highest BCUT2D eigenvalue weighted by molar-refractivity contribution is 5.59. The Hall–Kier alpha value is -1.78. The molecule has 0 fully saturated rings. The Balaban J connectivity index is 2.31. The van der Waals surface area contributed by atoms with Crippen molar-refractivity contribution in [3.05, 3.63) is 41.6 Å². The zero-order chi connectivity index (χ0) is 14.3. The van der Waals surface area contributed by atoms with Crippen LogP contribution in [0.3, 0.4) is 0 Å². The van der Waals surface area contributed by atoms with Gasteiger partial charge < -0.3 is 0 Å². The molecule has 1 N–H and O–H groups in total. The first-order chi connectivity index (χ1) is 8.68. The van der Waals surface area contributed by atoms with Gasteiger partial charge in [-0.3, -0.25) is 5.10 Å². The quantitative estimate of drug-likeness (QED) is 0.797. The molecule has 0 aliphatic heterocycles. The molecule has 0 spiro atoms.